The Labute approximate surface area is 149 Å². The predicted molar refractivity (Wildman–Crippen MR) is 92.8 cm³/mol. The molecule has 128 valence electrons. The first-order valence-electron chi connectivity index (χ1n) is 7.47. The largest absolute Gasteiger partial charge is 0.383 e. The van der Waals surface area contributed by atoms with Gasteiger partial charge in [-0.3, -0.25) is 4.79 Å². The number of carbonyl (C=O) groups excluding carboxylic acids is 1. The summed E-state index contributed by atoms with van der Waals surface area (Å²) in [4.78, 5) is 12.6. The van der Waals surface area contributed by atoms with Gasteiger partial charge in [-0.25, -0.2) is 4.68 Å². The molecule has 0 aliphatic carbocycles. The number of hydrogen-bond donors (Lipinski definition) is 2. The summed E-state index contributed by atoms with van der Waals surface area (Å²) in [5.41, 5.74) is 4.31. The molecule has 9 heteroatoms. The normalized spacial score (nSPS) is 19.5. The number of aromatic nitrogens is 3. The van der Waals surface area contributed by atoms with Crippen LogP contribution in [0.2, 0.25) is 5.02 Å². The zero-order valence-corrected chi connectivity index (χ0v) is 14.9. The van der Waals surface area contributed by atoms with Crippen LogP contribution in [0.3, 0.4) is 0 Å². The number of halogens is 1. The molecule has 1 aromatic carbocycles. The first-order chi connectivity index (χ1) is 11.6. The molecule has 2 aromatic rings. The molecule has 0 unspecified atom stereocenters. The summed E-state index contributed by atoms with van der Waals surface area (Å²) >= 11 is 7.37. The highest BCUT2D eigenvalue weighted by Gasteiger charge is 2.37. The first kappa shape index (κ1) is 17.1. The fourth-order valence-electron chi connectivity index (χ4n) is 2.46. The molecule has 0 spiro atoms. The van der Waals surface area contributed by atoms with Gasteiger partial charge in [-0.1, -0.05) is 35.5 Å². The average Bonchev–Trinajstić information content (AvgIpc) is 2.95. The zero-order chi connectivity index (χ0) is 17.1. The molecular formula is C15H18ClN5O2S. The van der Waals surface area contributed by atoms with Crippen molar-refractivity contribution < 1.29 is 9.53 Å². The van der Waals surface area contributed by atoms with Crippen molar-refractivity contribution >= 4 is 29.3 Å². The highest BCUT2D eigenvalue weighted by atomic mass is 35.5. The van der Waals surface area contributed by atoms with E-state index in [1.165, 1.54) is 11.8 Å². The van der Waals surface area contributed by atoms with Gasteiger partial charge >= 0.3 is 0 Å². The van der Waals surface area contributed by atoms with E-state index in [1.807, 2.05) is 35.9 Å². The maximum absolute atomic E-state index is 12.6. The minimum Gasteiger partial charge on any atom is -0.383 e. The second kappa shape index (κ2) is 7.42. The number of aryl methyl sites for hydroxylation is 1. The number of hydrogen-bond acceptors (Lipinski definition) is 6. The van der Waals surface area contributed by atoms with E-state index in [0.29, 0.717) is 23.3 Å². The average molecular weight is 368 g/mol. The summed E-state index contributed by atoms with van der Waals surface area (Å²) in [5, 5.41) is 12.0. The van der Waals surface area contributed by atoms with E-state index < -0.39 is 0 Å². The fraction of sp³-hybridized carbons (Fsp3) is 0.400. The Bertz CT molecular complexity index is 721. The zero-order valence-electron chi connectivity index (χ0n) is 13.3. The summed E-state index contributed by atoms with van der Waals surface area (Å²) in [6, 6.07) is 7.24. The Balaban J connectivity index is 1.87. The molecule has 2 atom stereocenters. The van der Waals surface area contributed by atoms with Crippen LogP contribution >= 0.6 is 23.4 Å². The van der Waals surface area contributed by atoms with Gasteiger partial charge in [-0.15, -0.1) is 10.2 Å². The summed E-state index contributed by atoms with van der Waals surface area (Å²) in [6.45, 7) is 2.80. The molecule has 0 saturated carbocycles. The van der Waals surface area contributed by atoms with Gasteiger partial charge in [0.1, 0.15) is 11.1 Å². The Morgan fingerprint density at radius 1 is 1.42 bits per heavy atom. The third-order valence-electron chi connectivity index (χ3n) is 3.69. The summed E-state index contributed by atoms with van der Waals surface area (Å²) in [5.74, 6) is 0.672. The maximum atomic E-state index is 12.6. The van der Waals surface area contributed by atoms with Crippen LogP contribution in [-0.4, -0.2) is 46.3 Å². The number of amides is 1. The molecule has 0 fully saturated rings. The van der Waals surface area contributed by atoms with Gasteiger partial charge in [0.05, 0.1) is 12.6 Å². The molecule has 2 heterocycles. The van der Waals surface area contributed by atoms with Crippen LogP contribution in [0.5, 0.6) is 0 Å². The van der Waals surface area contributed by atoms with Crippen LogP contribution < -0.4 is 10.7 Å². The molecule has 0 radical (unpaired) electrons. The van der Waals surface area contributed by atoms with E-state index in [1.54, 1.807) is 7.11 Å². The lowest BCUT2D eigenvalue weighted by molar-refractivity contribution is -0.121. The molecule has 1 amide bonds. The molecule has 2 N–H and O–H groups in total. The SMILES string of the molecule is COCCNC(=O)[C@@H]1Sc2nnc(C)n2N[C@@H]1c1ccc(Cl)cc1. The van der Waals surface area contributed by atoms with E-state index >= 15 is 0 Å². The minimum atomic E-state index is -0.376. The number of rotatable bonds is 5. The van der Waals surface area contributed by atoms with Crippen LogP contribution in [0.25, 0.3) is 0 Å². The molecule has 0 bridgehead atoms. The quantitative estimate of drug-likeness (QED) is 0.784. The first-order valence-corrected chi connectivity index (χ1v) is 8.73. The number of methoxy groups -OCH3 is 1. The van der Waals surface area contributed by atoms with Gasteiger partial charge < -0.3 is 15.5 Å². The summed E-state index contributed by atoms with van der Waals surface area (Å²) in [6.07, 6.45) is 0. The number of thioether (sulfide) groups is 1. The van der Waals surface area contributed by atoms with Crippen LogP contribution in [0.4, 0.5) is 0 Å². The highest BCUT2D eigenvalue weighted by Crippen LogP contribution is 2.37. The third kappa shape index (κ3) is 3.50. The van der Waals surface area contributed by atoms with Crippen molar-refractivity contribution in [1.82, 2.24) is 20.2 Å². The Morgan fingerprint density at radius 2 is 2.17 bits per heavy atom. The van der Waals surface area contributed by atoms with Gasteiger partial charge in [-0.05, 0) is 24.6 Å². The number of carbonyl (C=O) groups is 1. The van der Waals surface area contributed by atoms with Crippen LogP contribution in [0.15, 0.2) is 29.4 Å². The topological polar surface area (TPSA) is 81.1 Å². The van der Waals surface area contributed by atoms with E-state index in [2.05, 4.69) is 20.9 Å². The molecule has 0 saturated heterocycles. The van der Waals surface area contributed by atoms with Crippen molar-refractivity contribution in [3.63, 3.8) is 0 Å². The van der Waals surface area contributed by atoms with Crippen molar-refractivity contribution in [3.8, 4) is 0 Å². The summed E-state index contributed by atoms with van der Waals surface area (Å²) in [7, 11) is 1.60. The maximum Gasteiger partial charge on any atom is 0.236 e. The van der Waals surface area contributed by atoms with Gasteiger partial charge in [0.15, 0.2) is 0 Å². The van der Waals surface area contributed by atoms with E-state index in [9.17, 15) is 4.79 Å². The minimum absolute atomic E-state index is 0.0728. The monoisotopic (exact) mass is 367 g/mol. The standard InChI is InChI=1S/C15H18ClN5O2S/c1-9-18-19-15-21(9)20-12(10-3-5-11(16)6-4-10)13(24-15)14(22)17-7-8-23-2/h3-6,12-13,20H,7-8H2,1-2H3,(H,17,22)/t12-,13-/m1/s1. The van der Waals surface area contributed by atoms with E-state index in [0.717, 1.165) is 11.4 Å². The van der Waals surface area contributed by atoms with Gasteiger partial charge in [-0.2, -0.15) is 0 Å². The number of nitrogens with zero attached hydrogens (tertiary/aromatic N) is 3. The highest BCUT2D eigenvalue weighted by molar-refractivity contribution is 8.00. The second-order valence-corrected chi connectivity index (χ2v) is 6.89. The molecule has 1 aromatic heterocycles. The van der Waals surface area contributed by atoms with Crippen LogP contribution in [-0.2, 0) is 9.53 Å². The lowest BCUT2D eigenvalue weighted by Crippen LogP contribution is -2.44. The molecule has 7 nitrogen and oxygen atoms in total. The van der Waals surface area contributed by atoms with E-state index in [4.69, 9.17) is 16.3 Å². The number of benzene rings is 1. The fourth-order valence-corrected chi connectivity index (χ4v) is 3.73. The predicted octanol–water partition coefficient (Wildman–Crippen LogP) is 1.76. The van der Waals surface area contributed by atoms with Gasteiger partial charge in [0.25, 0.3) is 0 Å². The molecule has 3 rings (SSSR count). The van der Waals surface area contributed by atoms with Crippen molar-refractivity contribution in [1.29, 1.82) is 0 Å². The third-order valence-corrected chi connectivity index (χ3v) is 5.16. The molecule has 1 aliphatic rings. The number of nitrogens with one attached hydrogen (secondary N) is 2. The Hall–Kier alpha value is -1.77. The summed E-state index contributed by atoms with van der Waals surface area (Å²) < 4.78 is 6.79. The van der Waals surface area contributed by atoms with E-state index in [-0.39, 0.29) is 17.2 Å². The lowest BCUT2D eigenvalue weighted by atomic mass is 10.0. The van der Waals surface area contributed by atoms with Crippen molar-refractivity contribution in [2.75, 3.05) is 25.7 Å². The Kier molecular flexibility index (Phi) is 5.27. The Morgan fingerprint density at radius 3 is 2.88 bits per heavy atom. The second-order valence-electron chi connectivity index (χ2n) is 5.35. The van der Waals surface area contributed by atoms with Crippen molar-refractivity contribution in [3.05, 3.63) is 40.7 Å². The van der Waals surface area contributed by atoms with Crippen LogP contribution in [0.1, 0.15) is 17.4 Å². The van der Waals surface area contributed by atoms with Crippen molar-refractivity contribution in [2.24, 2.45) is 0 Å². The smallest absolute Gasteiger partial charge is 0.236 e. The van der Waals surface area contributed by atoms with Crippen molar-refractivity contribution in [2.45, 2.75) is 23.4 Å². The number of ether oxygens (including phenoxy) is 1. The van der Waals surface area contributed by atoms with Crippen LogP contribution in [0, 0.1) is 6.92 Å². The van der Waals surface area contributed by atoms with Gasteiger partial charge in [0, 0.05) is 18.7 Å². The molecule has 1 aliphatic heterocycles. The molecular weight excluding hydrogens is 350 g/mol. The van der Waals surface area contributed by atoms with Gasteiger partial charge in [0.2, 0.25) is 11.1 Å². The lowest BCUT2D eigenvalue weighted by Gasteiger charge is -2.32. The molecule has 24 heavy (non-hydrogen) atoms. The number of fused-ring (bicyclic) bond motifs is 1.